The van der Waals surface area contributed by atoms with Crippen LogP contribution in [0.3, 0.4) is 0 Å². The number of carbonyl (C=O) groups is 1. The predicted octanol–water partition coefficient (Wildman–Crippen LogP) is 3.05. The minimum absolute atomic E-state index is 0.0653. The third-order valence-corrected chi connectivity index (χ3v) is 3.88. The van der Waals surface area contributed by atoms with Crippen LogP contribution in [-0.2, 0) is 4.79 Å². The van der Waals surface area contributed by atoms with Gasteiger partial charge in [0.25, 0.3) is 5.91 Å². The zero-order chi connectivity index (χ0) is 22.1. The molecule has 0 saturated heterocycles. The van der Waals surface area contributed by atoms with Crippen molar-refractivity contribution in [3.05, 3.63) is 71.0 Å². The summed E-state index contributed by atoms with van der Waals surface area (Å²) in [6.45, 7) is 1.97. The Morgan fingerprint density at radius 1 is 1.03 bits per heavy atom. The van der Waals surface area contributed by atoms with Crippen LogP contribution < -0.4 is 25.6 Å². The smallest absolute Gasteiger partial charge is 0.355 e. The van der Waals surface area contributed by atoms with E-state index in [1.54, 1.807) is 48.5 Å². The lowest BCUT2D eigenvalue weighted by Gasteiger charge is -2.13. The van der Waals surface area contributed by atoms with E-state index in [0.717, 1.165) is 6.33 Å². The topological polar surface area (TPSA) is 141 Å². The number of nitrogens with one attached hydrogen (secondary N) is 3. The lowest BCUT2D eigenvalue weighted by atomic mass is 10.3. The second kappa shape index (κ2) is 10.4. The van der Waals surface area contributed by atoms with Crippen molar-refractivity contribution in [3.63, 3.8) is 0 Å². The number of para-hydroxylation sites is 3. The SMILES string of the molecule is CCOc1ccccc1Nc1ncnc(NNC(=O)COc2ccccc2)c1[N+](=O)[O-]. The summed E-state index contributed by atoms with van der Waals surface area (Å²) >= 11 is 0. The second-order valence-corrected chi connectivity index (χ2v) is 6.01. The molecule has 0 radical (unpaired) electrons. The number of ether oxygens (including phenoxy) is 2. The molecule has 0 bridgehead atoms. The average molecular weight is 424 g/mol. The first-order valence-corrected chi connectivity index (χ1v) is 9.29. The van der Waals surface area contributed by atoms with E-state index < -0.39 is 16.5 Å². The summed E-state index contributed by atoms with van der Waals surface area (Å²) in [6.07, 6.45) is 1.13. The summed E-state index contributed by atoms with van der Waals surface area (Å²) in [5.74, 6) is 0.228. The molecule has 3 rings (SSSR count). The van der Waals surface area contributed by atoms with Gasteiger partial charge >= 0.3 is 5.69 Å². The van der Waals surface area contributed by atoms with Gasteiger partial charge in [-0.05, 0) is 31.2 Å². The number of nitrogens with zero attached hydrogens (tertiary/aromatic N) is 3. The highest BCUT2D eigenvalue weighted by atomic mass is 16.6. The largest absolute Gasteiger partial charge is 0.492 e. The third-order valence-electron chi connectivity index (χ3n) is 3.88. The highest BCUT2D eigenvalue weighted by Gasteiger charge is 2.24. The van der Waals surface area contributed by atoms with Gasteiger partial charge in [0.15, 0.2) is 6.61 Å². The zero-order valence-corrected chi connectivity index (χ0v) is 16.6. The molecule has 11 nitrogen and oxygen atoms in total. The Hall–Kier alpha value is -4.41. The predicted molar refractivity (Wildman–Crippen MR) is 113 cm³/mol. The molecule has 160 valence electrons. The number of hydrogen-bond donors (Lipinski definition) is 3. The maximum Gasteiger partial charge on any atom is 0.355 e. The van der Waals surface area contributed by atoms with Crippen molar-refractivity contribution in [3.8, 4) is 11.5 Å². The minimum Gasteiger partial charge on any atom is -0.492 e. The number of hydrogen-bond acceptors (Lipinski definition) is 9. The molecule has 1 amide bonds. The molecule has 0 aliphatic heterocycles. The number of benzene rings is 2. The van der Waals surface area contributed by atoms with Gasteiger partial charge in [-0.15, -0.1) is 0 Å². The van der Waals surface area contributed by atoms with E-state index in [-0.39, 0.29) is 18.2 Å². The fourth-order valence-electron chi connectivity index (χ4n) is 2.54. The van der Waals surface area contributed by atoms with E-state index in [0.29, 0.717) is 23.8 Å². The van der Waals surface area contributed by atoms with Crippen LogP contribution in [0.4, 0.5) is 23.0 Å². The molecule has 3 N–H and O–H groups in total. The van der Waals surface area contributed by atoms with Crippen molar-refractivity contribution in [1.29, 1.82) is 0 Å². The number of carbonyl (C=O) groups excluding carboxylic acids is 1. The van der Waals surface area contributed by atoms with Gasteiger partial charge < -0.3 is 14.8 Å². The Labute approximate surface area is 177 Å². The van der Waals surface area contributed by atoms with E-state index in [9.17, 15) is 14.9 Å². The number of hydrazine groups is 1. The molecule has 2 aromatic carbocycles. The standard InChI is InChI=1S/C20H20N6O5/c1-2-30-16-11-7-6-10-15(16)23-19-18(26(28)29)20(22-13-21-19)25-24-17(27)12-31-14-8-4-3-5-9-14/h3-11,13H,2,12H2,1H3,(H,24,27)(H2,21,22,23,25). The fraction of sp³-hybridized carbons (Fsp3) is 0.150. The van der Waals surface area contributed by atoms with E-state index >= 15 is 0 Å². The molecule has 3 aromatic rings. The zero-order valence-electron chi connectivity index (χ0n) is 16.6. The van der Waals surface area contributed by atoms with Gasteiger partial charge in [0, 0.05) is 0 Å². The van der Waals surface area contributed by atoms with E-state index in [4.69, 9.17) is 9.47 Å². The number of aromatic nitrogens is 2. The first-order chi connectivity index (χ1) is 15.1. The second-order valence-electron chi connectivity index (χ2n) is 6.01. The summed E-state index contributed by atoms with van der Waals surface area (Å²) in [5.41, 5.74) is 4.83. The van der Waals surface area contributed by atoms with Gasteiger partial charge in [-0.2, -0.15) is 0 Å². The Kier molecular flexibility index (Phi) is 7.14. The molecule has 0 atom stereocenters. The highest BCUT2D eigenvalue weighted by Crippen LogP contribution is 2.33. The number of amides is 1. The van der Waals surface area contributed by atoms with Crippen LogP contribution in [0, 0.1) is 10.1 Å². The van der Waals surface area contributed by atoms with Gasteiger partial charge in [0.2, 0.25) is 11.6 Å². The molecular formula is C20H20N6O5. The van der Waals surface area contributed by atoms with Gasteiger partial charge in [-0.25, -0.2) is 9.97 Å². The van der Waals surface area contributed by atoms with Gasteiger partial charge in [0.1, 0.15) is 17.8 Å². The lowest BCUT2D eigenvalue weighted by molar-refractivity contribution is -0.383. The Bertz CT molecular complexity index is 1050. The highest BCUT2D eigenvalue weighted by molar-refractivity contribution is 5.81. The first kappa shape index (κ1) is 21.3. The summed E-state index contributed by atoms with van der Waals surface area (Å²) in [4.78, 5) is 30.9. The Morgan fingerprint density at radius 2 is 1.74 bits per heavy atom. The fourth-order valence-corrected chi connectivity index (χ4v) is 2.54. The van der Waals surface area contributed by atoms with Gasteiger partial charge in [-0.1, -0.05) is 30.3 Å². The van der Waals surface area contributed by atoms with Crippen molar-refractivity contribution in [2.75, 3.05) is 24.0 Å². The average Bonchev–Trinajstić information content (AvgIpc) is 2.78. The van der Waals surface area contributed by atoms with Crippen LogP contribution in [-0.4, -0.2) is 34.0 Å². The summed E-state index contributed by atoms with van der Waals surface area (Å²) in [6, 6.07) is 15.7. The summed E-state index contributed by atoms with van der Waals surface area (Å²) in [5, 5.41) is 14.6. The molecule has 0 unspecified atom stereocenters. The van der Waals surface area contributed by atoms with Crippen molar-refractivity contribution in [1.82, 2.24) is 15.4 Å². The molecule has 0 aliphatic rings. The van der Waals surface area contributed by atoms with Crippen molar-refractivity contribution in [2.24, 2.45) is 0 Å². The van der Waals surface area contributed by atoms with Crippen LogP contribution in [0.25, 0.3) is 0 Å². The third kappa shape index (κ3) is 5.79. The maximum absolute atomic E-state index is 12.0. The maximum atomic E-state index is 12.0. The number of rotatable bonds is 10. The molecule has 0 saturated carbocycles. The molecule has 1 heterocycles. The first-order valence-electron chi connectivity index (χ1n) is 9.29. The molecule has 31 heavy (non-hydrogen) atoms. The molecule has 1 aromatic heterocycles. The molecule has 0 aliphatic carbocycles. The molecule has 0 fully saturated rings. The monoisotopic (exact) mass is 424 g/mol. The van der Waals surface area contributed by atoms with Crippen LogP contribution in [0.2, 0.25) is 0 Å². The van der Waals surface area contributed by atoms with Crippen LogP contribution in [0.1, 0.15) is 6.92 Å². The molecule has 0 spiro atoms. The molecule has 11 heteroatoms. The summed E-state index contributed by atoms with van der Waals surface area (Å²) < 4.78 is 10.8. The lowest BCUT2D eigenvalue weighted by Crippen LogP contribution is -2.34. The van der Waals surface area contributed by atoms with Gasteiger partial charge in [0.05, 0.1) is 17.2 Å². The van der Waals surface area contributed by atoms with E-state index in [1.165, 1.54) is 0 Å². The number of nitro groups is 1. The van der Waals surface area contributed by atoms with Crippen molar-refractivity contribution < 1.29 is 19.2 Å². The van der Waals surface area contributed by atoms with Crippen molar-refractivity contribution >= 4 is 28.9 Å². The Morgan fingerprint density at radius 3 is 2.48 bits per heavy atom. The van der Waals surface area contributed by atoms with Crippen molar-refractivity contribution in [2.45, 2.75) is 6.92 Å². The number of anilines is 3. The quantitative estimate of drug-likeness (QED) is 0.331. The summed E-state index contributed by atoms with van der Waals surface area (Å²) in [7, 11) is 0. The van der Waals surface area contributed by atoms with E-state index in [1.807, 2.05) is 13.0 Å². The van der Waals surface area contributed by atoms with Crippen LogP contribution in [0.15, 0.2) is 60.9 Å². The minimum atomic E-state index is -0.652. The van der Waals surface area contributed by atoms with Gasteiger partial charge in [-0.3, -0.25) is 25.8 Å². The van der Waals surface area contributed by atoms with Crippen LogP contribution >= 0.6 is 0 Å². The molecular weight excluding hydrogens is 404 g/mol. The normalized spacial score (nSPS) is 10.1. The van der Waals surface area contributed by atoms with E-state index in [2.05, 4.69) is 26.1 Å². The Balaban J connectivity index is 1.71. The van der Waals surface area contributed by atoms with Crippen LogP contribution in [0.5, 0.6) is 11.5 Å².